The van der Waals surface area contributed by atoms with Crippen LogP contribution < -0.4 is 14.4 Å². The van der Waals surface area contributed by atoms with Crippen molar-refractivity contribution in [1.29, 1.82) is 0 Å². The van der Waals surface area contributed by atoms with Gasteiger partial charge in [0.05, 0.1) is 0 Å². The Morgan fingerprint density at radius 2 is 1.65 bits per heavy atom. The van der Waals surface area contributed by atoms with Crippen molar-refractivity contribution in [3.63, 3.8) is 0 Å². The zero-order valence-electron chi connectivity index (χ0n) is 18.6. The summed E-state index contributed by atoms with van der Waals surface area (Å²) in [7, 11) is 0. The van der Waals surface area contributed by atoms with E-state index in [-0.39, 0.29) is 11.3 Å². The number of hydrogen-bond donors (Lipinski definition) is 0. The third-order valence-electron chi connectivity index (χ3n) is 8.69. The Hall–Kier alpha value is -1.95. The van der Waals surface area contributed by atoms with Gasteiger partial charge in [0.15, 0.2) is 11.5 Å². The minimum Gasteiger partial charge on any atom is -0.454 e. The fraction of sp³-hybridized carbons (Fsp3) is 0.720. The maximum absolute atomic E-state index is 13.3. The molecule has 6 rings (SSSR count). The van der Waals surface area contributed by atoms with Crippen LogP contribution in [0, 0.1) is 11.3 Å². The van der Waals surface area contributed by atoms with Crippen LogP contribution in [0.15, 0.2) is 18.2 Å². The van der Waals surface area contributed by atoms with Gasteiger partial charge in [-0.3, -0.25) is 9.69 Å². The van der Waals surface area contributed by atoms with Crippen LogP contribution in [0.4, 0.5) is 5.69 Å². The van der Waals surface area contributed by atoms with Gasteiger partial charge in [-0.2, -0.15) is 0 Å². The molecule has 2 aliphatic carbocycles. The molecule has 4 fully saturated rings. The molecule has 0 bridgehead atoms. The lowest BCUT2D eigenvalue weighted by Gasteiger charge is -2.41. The van der Waals surface area contributed by atoms with Gasteiger partial charge in [0.2, 0.25) is 12.7 Å². The van der Waals surface area contributed by atoms with E-state index < -0.39 is 0 Å². The van der Waals surface area contributed by atoms with E-state index in [2.05, 4.69) is 26.8 Å². The lowest BCUT2D eigenvalue weighted by Crippen LogP contribution is -2.53. The zero-order chi connectivity index (χ0) is 20.8. The first kappa shape index (κ1) is 19.7. The summed E-state index contributed by atoms with van der Waals surface area (Å²) < 4.78 is 11.0. The molecular weight excluding hydrogens is 390 g/mol. The molecule has 2 saturated heterocycles. The summed E-state index contributed by atoms with van der Waals surface area (Å²) in [6.45, 7) is 6.40. The topological polar surface area (TPSA) is 45.3 Å². The normalized spacial score (nSPS) is 28.2. The van der Waals surface area contributed by atoms with E-state index in [9.17, 15) is 4.79 Å². The van der Waals surface area contributed by atoms with Crippen LogP contribution in [0.3, 0.4) is 0 Å². The van der Waals surface area contributed by atoms with Gasteiger partial charge in [0.25, 0.3) is 0 Å². The molecule has 1 aromatic rings. The molecule has 1 unspecified atom stereocenters. The van der Waals surface area contributed by atoms with Crippen molar-refractivity contribution in [1.82, 2.24) is 9.80 Å². The van der Waals surface area contributed by atoms with E-state index >= 15 is 0 Å². The molecule has 3 heterocycles. The van der Waals surface area contributed by atoms with Crippen molar-refractivity contribution in [3.05, 3.63) is 18.2 Å². The minimum absolute atomic E-state index is 0.268. The SMILES string of the molecule is O=C(C1CC12CCN(c1ccc3c(c1)OCO3)CC2)N1CCN(C2CCCCC2)CC1. The Kier molecular flexibility index (Phi) is 5.01. The molecule has 6 nitrogen and oxygen atoms in total. The number of hydrogen-bond acceptors (Lipinski definition) is 5. The average molecular weight is 426 g/mol. The van der Waals surface area contributed by atoms with Gasteiger partial charge < -0.3 is 19.3 Å². The molecule has 1 aromatic carbocycles. The maximum Gasteiger partial charge on any atom is 0.231 e. The summed E-state index contributed by atoms with van der Waals surface area (Å²) >= 11 is 0. The van der Waals surface area contributed by atoms with Crippen molar-refractivity contribution in [2.45, 2.75) is 57.4 Å². The van der Waals surface area contributed by atoms with Crippen molar-refractivity contribution in [2.75, 3.05) is 51.0 Å². The third-order valence-corrected chi connectivity index (χ3v) is 8.69. The van der Waals surface area contributed by atoms with E-state index in [4.69, 9.17) is 9.47 Å². The first-order valence-corrected chi connectivity index (χ1v) is 12.4. The number of anilines is 1. The highest BCUT2D eigenvalue weighted by Gasteiger charge is 2.59. The third kappa shape index (κ3) is 3.67. The number of ether oxygens (including phenoxy) is 2. The van der Waals surface area contributed by atoms with Gasteiger partial charge in [-0.05, 0) is 49.7 Å². The van der Waals surface area contributed by atoms with Crippen LogP contribution in [-0.2, 0) is 4.79 Å². The highest BCUT2D eigenvalue weighted by Crippen LogP contribution is 2.60. The smallest absolute Gasteiger partial charge is 0.231 e. The van der Waals surface area contributed by atoms with E-state index in [1.54, 1.807) is 0 Å². The maximum atomic E-state index is 13.3. The minimum atomic E-state index is 0.268. The summed E-state index contributed by atoms with van der Waals surface area (Å²) in [6.07, 6.45) is 10.3. The second-order valence-electron chi connectivity index (χ2n) is 10.3. The van der Waals surface area contributed by atoms with Crippen LogP contribution in [0.2, 0.25) is 0 Å². The van der Waals surface area contributed by atoms with Crippen LogP contribution in [0.1, 0.15) is 51.4 Å². The van der Waals surface area contributed by atoms with E-state index in [1.165, 1.54) is 37.8 Å². The molecule has 6 heteroatoms. The van der Waals surface area contributed by atoms with Crippen molar-refractivity contribution in [2.24, 2.45) is 11.3 Å². The molecule has 5 aliphatic rings. The molecule has 31 heavy (non-hydrogen) atoms. The van der Waals surface area contributed by atoms with Crippen molar-refractivity contribution >= 4 is 11.6 Å². The summed E-state index contributed by atoms with van der Waals surface area (Å²) in [4.78, 5) is 20.5. The summed E-state index contributed by atoms with van der Waals surface area (Å²) in [5.74, 6) is 2.41. The second kappa shape index (κ2) is 7.88. The van der Waals surface area contributed by atoms with Crippen LogP contribution in [-0.4, -0.2) is 67.8 Å². The Labute approximate surface area is 185 Å². The first-order valence-electron chi connectivity index (χ1n) is 12.4. The van der Waals surface area contributed by atoms with Gasteiger partial charge in [-0.15, -0.1) is 0 Å². The zero-order valence-corrected chi connectivity index (χ0v) is 18.6. The highest BCUT2D eigenvalue weighted by molar-refractivity contribution is 5.83. The van der Waals surface area contributed by atoms with Gasteiger partial charge in [-0.1, -0.05) is 19.3 Å². The van der Waals surface area contributed by atoms with Crippen LogP contribution in [0.5, 0.6) is 11.5 Å². The molecule has 2 saturated carbocycles. The Bertz CT molecular complexity index is 821. The lowest BCUT2D eigenvalue weighted by atomic mass is 9.90. The molecule has 1 amide bonds. The van der Waals surface area contributed by atoms with E-state index in [1.807, 2.05) is 6.07 Å². The largest absolute Gasteiger partial charge is 0.454 e. The number of benzene rings is 1. The van der Waals surface area contributed by atoms with Gasteiger partial charge in [0.1, 0.15) is 0 Å². The van der Waals surface area contributed by atoms with Gasteiger partial charge in [0, 0.05) is 63.0 Å². The standard InChI is InChI=1S/C25H35N3O3/c29-24(28-14-12-27(13-15-28)19-4-2-1-3-5-19)21-17-25(21)8-10-26(11-9-25)20-6-7-22-23(16-20)31-18-30-22/h6-7,16,19,21H,1-5,8-15,17-18H2. The number of amides is 1. The fourth-order valence-corrected chi connectivity index (χ4v) is 6.52. The molecule has 0 N–H and O–H groups in total. The predicted molar refractivity (Wildman–Crippen MR) is 120 cm³/mol. The molecule has 0 radical (unpaired) electrons. The van der Waals surface area contributed by atoms with E-state index in [0.717, 1.165) is 76.1 Å². The van der Waals surface area contributed by atoms with Crippen LogP contribution in [0.25, 0.3) is 0 Å². The molecule has 0 aromatic heterocycles. The van der Waals surface area contributed by atoms with Crippen molar-refractivity contribution < 1.29 is 14.3 Å². The van der Waals surface area contributed by atoms with Gasteiger partial charge >= 0.3 is 0 Å². The predicted octanol–water partition coefficient (Wildman–Crippen LogP) is 3.50. The molecule has 1 atom stereocenters. The Morgan fingerprint density at radius 1 is 0.903 bits per heavy atom. The quantitative estimate of drug-likeness (QED) is 0.742. The molecule has 168 valence electrons. The summed E-state index contributed by atoms with van der Waals surface area (Å²) in [5, 5.41) is 0. The molecule has 3 aliphatic heterocycles. The monoisotopic (exact) mass is 425 g/mol. The van der Waals surface area contributed by atoms with Crippen LogP contribution >= 0.6 is 0 Å². The average Bonchev–Trinajstić information content (AvgIpc) is 3.31. The number of piperidine rings is 1. The molecular formula is C25H35N3O3. The first-order chi connectivity index (χ1) is 15.2. The molecule has 1 spiro atoms. The van der Waals surface area contributed by atoms with E-state index in [0.29, 0.717) is 12.7 Å². The summed E-state index contributed by atoms with van der Waals surface area (Å²) in [6, 6.07) is 7.02. The number of fused-ring (bicyclic) bond motifs is 1. The highest BCUT2D eigenvalue weighted by atomic mass is 16.7. The Balaban J connectivity index is 1.01. The lowest BCUT2D eigenvalue weighted by molar-refractivity contribution is -0.135. The number of carbonyl (C=O) groups is 1. The number of piperazine rings is 1. The second-order valence-corrected chi connectivity index (χ2v) is 10.3. The fourth-order valence-electron chi connectivity index (χ4n) is 6.52. The van der Waals surface area contributed by atoms with Crippen molar-refractivity contribution in [3.8, 4) is 11.5 Å². The number of rotatable bonds is 3. The summed E-state index contributed by atoms with van der Waals surface area (Å²) in [5.41, 5.74) is 1.48. The van der Waals surface area contributed by atoms with Gasteiger partial charge in [-0.25, -0.2) is 0 Å². The number of nitrogens with zero attached hydrogens (tertiary/aromatic N) is 3. The Morgan fingerprint density at radius 3 is 2.42 bits per heavy atom. The number of carbonyl (C=O) groups excluding carboxylic acids is 1.